The first kappa shape index (κ1) is 15.0. The van der Waals surface area contributed by atoms with Gasteiger partial charge in [-0.2, -0.15) is 0 Å². The van der Waals surface area contributed by atoms with Crippen molar-refractivity contribution in [3.63, 3.8) is 0 Å². The van der Waals surface area contributed by atoms with Crippen LogP contribution in [0.1, 0.15) is 24.3 Å². The van der Waals surface area contributed by atoms with Gasteiger partial charge in [-0.25, -0.2) is 4.79 Å². The molecule has 22 heavy (non-hydrogen) atoms. The van der Waals surface area contributed by atoms with E-state index in [4.69, 9.17) is 4.74 Å². The molecule has 2 aromatic heterocycles. The van der Waals surface area contributed by atoms with E-state index in [0.717, 1.165) is 19.6 Å². The van der Waals surface area contributed by atoms with E-state index < -0.39 is 23.8 Å². The summed E-state index contributed by atoms with van der Waals surface area (Å²) < 4.78 is 8.15. The van der Waals surface area contributed by atoms with Crippen LogP contribution in [-0.2, 0) is 36.2 Å². The minimum absolute atomic E-state index is 0.252. The van der Waals surface area contributed by atoms with Gasteiger partial charge >= 0.3 is 5.69 Å². The average molecular weight is 323 g/mol. The molecule has 0 spiro atoms. The molecule has 3 heterocycles. The van der Waals surface area contributed by atoms with Crippen LogP contribution in [0.15, 0.2) is 9.59 Å². The number of aliphatic carboxylic acids is 1. The van der Waals surface area contributed by atoms with Crippen molar-refractivity contribution < 1.29 is 14.6 Å². The summed E-state index contributed by atoms with van der Waals surface area (Å²) in [5.41, 5.74) is -0.319. The van der Waals surface area contributed by atoms with Crippen molar-refractivity contribution in [3.8, 4) is 0 Å². The third-order valence-electron chi connectivity index (χ3n) is 3.83. The smallest absolute Gasteiger partial charge is 0.331 e. The van der Waals surface area contributed by atoms with E-state index >= 15 is 0 Å². The molecule has 0 radical (unpaired) electrons. The Hall–Kier alpha value is -1.93. The average Bonchev–Trinajstić information content (AvgIpc) is 2.78. The molecule has 7 nitrogen and oxygen atoms in total. The number of fused-ring (bicyclic) bond motifs is 3. The zero-order chi connectivity index (χ0) is 16.2. The number of hydrogen-bond acceptors (Lipinski definition) is 6. The van der Waals surface area contributed by atoms with E-state index in [9.17, 15) is 19.5 Å². The highest BCUT2D eigenvalue weighted by atomic mass is 32.1. The largest absolute Gasteiger partial charge is 0.548 e. The van der Waals surface area contributed by atoms with Crippen LogP contribution < -0.4 is 16.4 Å². The molecule has 3 rings (SSSR count). The number of carboxylic acid groups (broad SMARTS) is 1. The fourth-order valence-corrected chi connectivity index (χ4v) is 4.22. The maximum Gasteiger partial charge on any atom is 0.331 e. The Balaban J connectivity index is 2.39. The second-order valence-electron chi connectivity index (χ2n) is 6.01. The maximum atomic E-state index is 12.3. The van der Waals surface area contributed by atoms with Crippen molar-refractivity contribution in [2.75, 3.05) is 0 Å². The number of nitrogens with zero attached hydrogens (tertiary/aromatic N) is 2. The van der Waals surface area contributed by atoms with Crippen LogP contribution in [0.25, 0.3) is 10.2 Å². The zero-order valence-corrected chi connectivity index (χ0v) is 13.3. The number of carbonyl (C=O) groups is 1. The lowest BCUT2D eigenvalue weighted by molar-refractivity contribution is -0.306. The van der Waals surface area contributed by atoms with E-state index in [1.54, 1.807) is 0 Å². The molecular weight excluding hydrogens is 308 g/mol. The van der Waals surface area contributed by atoms with Crippen LogP contribution in [0.3, 0.4) is 0 Å². The molecular formula is C14H15N2O5S-. The standard InChI is InChI=1S/C14H16N2O5S/c1-14(2)4-8-7(6-21-14)10-11(22-8)12(19)15(3)13(20)16(10)5-9(17)18/h4-6H2,1-3H3,(H,17,18)/p-1. The Morgan fingerprint density at radius 3 is 2.73 bits per heavy atom. The van der Waals surface area contributed by atoms with Crippen molar-refractivity contribution >= 4 is 27.5 Å². The third-order valence-corrected chi connectivity index (χ3v) is 5.04. The Labute approximate surface area is 129 Å². The Morgan fingerprint density at radius 2 is 2.09 bits per heavy atom. The first-order valence-electron chi connectivity index (χ1n) is 6.79. The number of aromatic nitrogens is 2. The lowest BCUT2D eigenvalue weighted by Crippen LogP contribution is -2.41. The lowest BCUT2D eigenvalue weighted by Gasteiger charge is -2.30. The second-order valence-corrected chi connectivity index (χ2v) is 7.12. The topological polar surface area (TPSA) is 93.4 Å². The number of rotatable bonds is 2. The molecule has 8 heteroatoms. The first-order valence-corrected chi connectivity index (χ1v) is 7.61. The highest BCUT2D eigenvalue weighted by Gasteiger charge is 2.31. The summed E-state index contributed by atoms with van der Waals surface area (Å²) in [6.07, 6.45) is 0.615. The van der Waals surface area contributed by atoms with Gasteiger partial charge in [0.2, 0.25) is 0 Å². The van der Waals surface area contributed by atoms with E-state index in [0.29, 0.717) is 16.6 Å². The molecule has 0 N–H and O–H groups in total. The Bertz CT molecular complexity index is 903. The molecule has 0 amide bonds. The fraction of sp³-hybridized carbons (Fsp3) is 0.500. The van der Waals surface area contributed by atoms with E-state index in [-0.39, 0.29) is 12.2 Å². The third kappa shape index (κ3) is 2.19. The van der Waals surface area contributed by atoms with Crippen LogP contribution in [-0.4, -0.2) is 20.7 Å². The number of carboxylic acids is 1. The summed E-state index contributed by atoms with van der Waals surface area (Å²) in [6, 6.07) is 0. The first-order chi connectivity index (χ1) is 10.2. The molecule has 0 saturated carbocycles. The second kappa shape index (κ2) is 4.79. The monoisotopic (exact) mass is 323 g/mol. The van der Waals surface area contributed by atoms with Crippen molar-refractivity contribution in [1.82, 2.24) is 9.13 Å². The molecule has 0 bridgehead atoms. The van der Waals surface area contributed by atoms with Gasteiger partial charge in [0, 0.05) is 23.9 Å². The van der Waals surface area contributed by atoms with Gasteiger partial charge in [-0.15, -0.1) is 11.3 Å². The molecule has 0 aliphatic carbocycles. The number of carbonyl (C=O) groups excluding carboxylic acids is 1. The molecule has 0 unspecified atom stereocenters. The summed E-state index contributed by atoms with van der Waals surface area (Å²) in [5.74, 6) is -1.38. The minimum atomic E-state index is -1.38. The molecule has 0 fully saturated rings. The van der Waals surface area contributed by atoms with Gasteiger partial charge in [-0.1, -0.05) is 0 Å². The van der Waals surface area contributed by atoms with Crippen molar-refractivity contribution in [2.24, 2.45) is 7.05 Å². The maximum absolute atomic E-state index is 12.3. The molecule has 0 saturated heterocycles. The van der Waals surface area contributed by atoms with Crippen LogP contribution in [0.5, 0.6) is 0 Å². The highest BCUT2D eigenvalue weighted by molar-refractivity contribution is 7.19. The highest BCUT2D eigenvalue weighted by Crippen LogP contribution is 2.37. The molecule has 1 aliphatic rings. The Morgan fingerprint density at radius 1 is 1.41 bits per heavy atom. The number of thiophene rings is 1. The van der Waals surface area contributed by atoms with Gasteiger partial charge in [0.1, 0.15) is 4.70 Å². The summed E-state index contributed by atoms with van der Waals surface area (Å²) in [7, 11) is 1.34. The van der Waals surface area contributed by atoms with Gasteiger partial charge in [-0.3, -0.25) is 13.9 Å². The molecule has 0 atom stereocenters. The van der Waals surface area contributed by atoms with E-state index in [2.05, 4.69) is 0 Å². The quantitative estimate of drug-likeness (QED) is 0.733. The normalized spacial score (nSPS) is 16.7. The van der Waals surface area contributed by atoms with Gasteiger partial charge in [-0.05, 0) is 13.8 Å². The summed E-state index contributed by atoms with van der Waals surface area (Å²) in [6.45, 7) is 3.57. The zero-order valence-electron chi connectivity index (χ0n) is 12.5. The summed E-state index contributed by atoms with van der Waals surface area (Å²) in [4.78, 5) is 36.5. The molecule has 1 aliphatic heterocycles. The van der Waals surface area contributed by atoms with Crippen LogP contribution in [0.2, 0.25) is 0 Å². The predicted octanol–water partition coefficient (Wildman–Crippen LogP) is -0.637. The van der Waals surface area contributed by atoms with Crippen LogP contribution in [0, 0.1) is 0 Å². The lowest BCUT2D eigenvalue weighted by atomic mass is 9.98. The van der Waals surface area contributed by atoms with E-state index in [1.165, 1.54) is 18.4 Å². The predicted molar refractivity (Wildman–Crippen MR) is 78.9 cm³/mol. The Kier molecular flexibility index (Phi) is 3.26. The van der Waals surface area contributed by atoms with Crippen LogP contribution in [0.4, 0.5) is 0 Å². The summed E-state index contributed by atoms with van der Waals surface area (Å²) >= 11 is 1.31. The summed E-state index contributed by atoms with van der Waals surface area (Å²) in [5, 5.41) is 11.0. The van der Waals surface area contributed by atoms with Crippen molar-refractivity contribution in [2.45, 2.75) is 39.0 Å². The van der Waals surface area contributed by atoms with Crippen molar-refractivity contribution in [1.29, 1.82) is 0 Å². The number of hydrogen-bond donors (Lipinski definition) is 0. The van der Waals surface area contributed by atoms with Crippen LogP contribution >= 0.6 is 11.3 Å². The van der Waals surface area contributed by atoms with Gasteiger partial charge < -0.3 is 14.6 Å². The van der Waals surface area contributed by atoms with E-state index in [1.807, 2.05) is 13.8 Å². The van der Waals surface area contributed by atoms with Gasteiger partial charge in [0.25, 0.3) is 5.56 Å². The van der Waals surface area contributed by atoms with Gasteiger partial charge in [0.15, 0.2) is 0 Å². The minimum Gasteiger partial charge on any atom is -0.548 e. The molecule has 118 valence electrons. The fourth-order valence-electron chi connectivity index (χ4n) is 2.72. The molecule has 0 aromatic carbocycles. The number of ether oxygens (including phenoxy) is 1. The SMILES string of the molecule is Cn1c(=O)c2sc3c(c2n(CC(=O)[O-])c1=O)COC(C)(C)C3. The van der Waals surface area contributed by atoms with Crippen molar-refractivity contribution in [3.05, 3.63) is 31.3 Å². The molecule has 2 aromatic rings. The van der Waals surface area contributed by atoms with Gasteiger partial charge in [0.05, 0.1) is 30.2 Å².